The van der Waals surface area contributed by atoms with Gasteiger partial charge in [0.1, 0.15) is 10.6 Å². The normalized spacial score (nSPS) is 12.7. The Morgan fingerprint density at radius 1 is 1.03 bits per heavy atom. The summed E-state index contributed by atoms with van der Waals surface area (Å²) in [5.74, 6) is -0.439. The van der Waals surface area contributed by atoms with Gasteiger partial charge in [0.15, 0.2) is 0 Å². The van der Waals surface area contributed by atoms with E-state index in [2.05, 4.69) is 0 Å². The van der Waals surface area contributed by atoms with E-state index < -0.39 is 26.8 Å². The summed E-state index contributed by atoms with van der Waals surface area (Å²) < 4.78 is 70.1. The Bertz CT molecular complexity index is 1310. The van der Waals surface area contributed by atoms with Crippen LogP contribution in [0.15, 0.2) is 77.7 Å². The number of carbonyl (C=O) groups excluding carboxylic acids is 1. The van der Waals surface area contributed by atoms with Gasteiger partial charge in [-0.25, -0.2) is 0 Å². The van der Waals surface area contributed by atoms with E-state index in [4.69, 9.17) is 15.8 Å². The first-order valence-corrected chi connectivity index (χ1v) is 12.5. The number of nitrogens with zero attached hydrogens (tertiary/aromatic N) is 1. The molecule has 186 valence electrons. The van der Waals surface area contributed by atoms with Crippen molar-refractivity contribution in [3.05, 3.63) is 94.5 Å². The molecule has 0 radical (unpaired) electrons. The Balaban J connectivity index is 1.94. The second-order valence-corrected chi connectivity index (χ2v) is 9.79. The molecule has 0 aliphatic heterocycles. The molecule has 0 bridgehead atoms. The summed E-state index contributed by atoms with van der Waals surface area (Å²) in [6.45, 7) is 3.74. The van der Waals surface area contributed by atoms with E-state index >= 15 is 0 Å². The minimum absolute atomic E-state index is 0.00660. The zero-order chi connectivity index (χ0) is 25.8. The lowest BCUT2D eigenvalue weighted by Crippen LogP contribution is -2.38. The standard InChI is InChI=1S/C25H23ClF3NO4S/c1-3-17(2)30(24(31)21-12-5-6-13-22(21)26)16-18-9-4-7-14-23(18)34-35(32,33)20-11-8-10-19(15-20)25(27,28)29/h4-15,17H,3,16H2,1-2H3. The van der Waals surface area contributed by atoms with Gasteiger partial charge >= 0.3 is 16.3 Å². The molecule has 3 aromatic carbocycles. The van der Waals surface area contributed by atoms with Gasteiger partial charge in [0, 0.05) is 18.2 Å². The maximum Gasteiger partial charge on any atom is 0.416 e. The molecule has 0 aliphatic carbocycles. The monoisotopic (exact) mass is 525 g/mol. The third kappa shape index (κ3) is 6.35. The first kappa shape index (κ1) is 26.6. The van der Waals surface area contributed by atoms with Crippen LogP contribution in [0.5, 0.6) is 5.75 Å². The van der Waals surface area contributed by atoms with Gasteiger partial charge in [-0.05, 0) is 49.7 Å². The molecule has 35 heavy (non-hydrogen) atoms. The molecule has 0 aliphatic rings. The summed E-state index contributed by atoms with van der Waals surface area (Å²) in [4.78, 5) is 14.2. The molecule has 1 amide bonds. The minimum Gasteiger partial charge on any atom is -0.379 e. The Hall–Kier alpha value is -3.04. The Kier molecular flexibility index (Phi) is 8.12. The fourth-order valence-electron chi connectivity index (χ4n) is 3.33. The van der Waals surface area contributed by atoms with Crippen molar-refractivity contribution in [2.45, 2.75) is 43.9 Å². The largest absolute Gasteiger partial charge is 0.416 e. The Morgan fingerprint density at radius 2 is 1.69 bits per heavy atom. The van der Waals surface area contributed by atoms with Crippen molar-refractivity contribution in [1.82, 2.24) is 4.90 Å². The predicted molar refractivity (Wildman–Crippen MR) is 127 cm³/mol. The zero-order valence-corrected chi connectivity index (χ0v) is 20.5. The van der Waals surface area contributed by atoms with E-state index in [0.717, 1.165) is 18.2 Å². The maximum absolute atomic E-state index is 13.3. The first-order chi connectivity index (χ1) is 16.4. The summed E-state index contributed by atoms with van der Waals surface area (Å²) in [5.41, 5.74) is -0.447. The van der Waals surface area contributed by atoms with Gasteiger partial charge in [-0.2, -0.15) is 21.6 Å². The van der Waals surface area contributed by atoms with Crippen LogP contribution in [0.3, 0.4) is 0 Å². The number of carbonyl (C=O) groups is 1. The van der Waals surface area contributed by atoms with Gasteiger partial charge in [-0.15, -0.1) is 0 Å². The topological polar surface area (TPSA) is 63.7 Å². The lowest BCUT2D eigenvalue weighted by Gasteiger charge is -2.29. The van der Waals surface area contributed by atoms with Crippen molar-refractivity contribution in [3.63, 3.8) is 0 Å². The minimum atomic E-state index is -4.71. The number of amides is 1. The fourth-order valence-corrected chi connectivity index (χ4v) is 4.56. The van der Waals surface area contributed by atoms with Crippen molar-refractivity contribution in [1.29, 1.82) is 0 Å². The average Bonchev–Trinajstić information content (AvgIpc) is 2.82. The second kappa shape index (κ2) is 10.7. The Morgan fingerprint density at radius 3 is 2.34 bits per heavy atom. The first-order valence-electron chi connectivity index (χ1n) is 10.7. The number of hydrogen-bond acceptors (Lipinski definition) is 4. The molecule has 3 aromatic rings. The lowest BCUT2D eigenvalue weighted by molar-refractivity contribution is -0.137. The molecule has 0 spiro atoms. The second-order valence-electron chi connectivity index (χ2n) is 7.84. The van der Waals surface area contributed by atoms with Crippen LogP contribution >= 0.6 is 11.6 Å². The molecule has 1 atom stereocenters. The number of para-hydroxylation sites is 1. The molecule has 0 saturated carbocycles. The van der Waals surface area contributed by atoms with Crippen molar-refractivity contribution in [2.75, 3.05) is 0 Å². The number of halogens is 4. The van der Waals surface area contributed by atoms with Crippen LogP contribution in [0.4, 0.5) is 13.2 Å². The molecule has 0 N–H and O–H groups in total. The molecule has 0 fully saturated rings. The average molecular weight is 526 g/mol. The van der Waals surface area contributed by atoms with Crippen molar-refractivity contribution in [2.24, 2.45) is 0 Å². The van der Waals surface area contributed by atoms with E-state index in [1.54, 1.807) is 41.3 Å². The molecule has 3 rings (SSSR count). The molecule has 10 heteroatoms. The predicted octanol–water partition coefficient (Wildman–Crippen LogP) is 6.57. The quantitative estimate of drug-likeness (QED) is 0.312. The van der Waals surface area contributed by atoms with Crippen LogP contribution in [-0.4, -0.2) is 25.3 Å². The summed E-state index contributed by atoms with van der Waals surface area (Å²) in [6, 6.07) is 15.8. The molecular formula is C25H23ClF3NO4S. The van der Waals surface area contributed by atoms with Crippen LogP contribution in [0.2, 0.25) is 5.02 Å². The van der Waals surface area contributed by atoms with E-state index in [1.807, 2.05) is 13.8 Å². The molecular weight excluding hydrogens is 503 g/mol. The van der Waals surface area contributed by atoms with Gasteiger partial charge < -0.3 is 9.08 Å². The Labute approximate surface area is 207 Å². The van der Waals surface area contributed by atoms with E-state index in [9.17, 15) is 26.4 Å². The highest BCUT2D eigenvalue weighted by Gasteiger charge is 2.32. The van der Waals surface area contributed by atoms with Gasteiger partial charge in [0.05, 0.1) is 16.1 Å². The van der Waals surface area contributed by atoms with Gasteiger partial charge in [0.25, 0.3) is 5.91 Å². The molecule has 0 saturated heterocycles. The van der Waals surface area contributed by atoms with Crippen molar-refractivity contribution < 1.29 is 30.6 Å². The third-order valence-electron chi connectivity index (χ3n) is 5.45. The van der Waals surface area contributed by atoms with Gasteiger partial charge in [-0.1, -0.05) is 54.9 Å². The molecule has 0 aromatic heterocycles. The lowest BCUT2D eigenvalue weighted by atomic mass is 10.1. The SMILES string of the molecule is CCC(C)N(Cc1ccccc1OS(=O)(=O)c1cccc(C(F)(F)F)c1)C(=O)c1ccccc1Cl. The molecule has 0 heterocycles. The summed E-state index contributed by atoms with van der Waals surface area (Å²) in [6.07, 6.45) is -4.10. The van der Waals surface area contributed by atoms with E-state index in [1.165, 1.54) is 12.1 Å². The van der Waals surface area contributed by atoms with Crippen LogP contribution in [0.25, 0.3) is 0 Å². The van der Waals surface area contributed by atoms with Crippen LogP contribution < -0.4 is 4.18 Å². The molecule has 1 unspecified atom stereocenters. The number of alkyl halides is 3. The summed E-state index contributed by atoms with van der Waals surface area (Å²) >= 11 is 6.21. The van der Waals surface area contributed by atoms with Crippen LogP contribution in [0.1, 0.15) is 41.8 Å². The van der Waals surface area contributed by atoms with Crippen molar-refractivity contribution in [3.8, 4) is 5.75 Å². The highest BCUT2D eigenvalue weighted by atomic mass is 35.5. The van der Waals surface area contributed by atoms with Crippen LogP contribution in [0, 0.1) is 0 Å². The summed E-state index contributed by atoms with van der Waals surface area (Å²) in [7, 11) is -4.58. The number of rotatable bonds is 8. The van der Waals surface area contributed by atoms with Gasteiger partial charge in [0.2, 0.25) is 0 Å². The van der Waals surface area contributed by atoms with Crippen molar-refractivity contribution >= 4 is 27.6 Å². The highest BCUT2D eigenvalue weighted by molar-refractivity contribution is 7.87. The highest BCUT2D eigenvalue weighted by Crippen LogP contribution is 2.32. The number of benzene rings is 3. The van der Waals surface area contributed by atoms with Crippen LogP contribution in [-0.2, 0) is 22.8 Å². The van der Waals surface area contributed by atoms with E-state index in [0.29, 0.717) is 23.6 Å². The third-order valence-corrected chi connectivity index (χ3v) is 7.01. The summed E-state index contributed by atoms with van der Waals surface area (Å²) in [5, 5.41) is 0.280. The fraction of sp³-hybridized carbons (Fsp3) is 0.240. The number of hydrogen-bond donors (Lipinski definition) is 0. The maximum atomic E-state index is 13.3. The molecule has 5 nitrogen and oxygen atoms in total. The van der Waals surface area contributed by atoms with Gasteiger partial charge in [-0.3, -0.25) is 4.79 Å². The van der Waals surface area contributed by atoms with E-state index in [-0.39, 0.29) is 29.3 Å². The zero-order valence-electron chi connectivity index (χ0n) is 18.9. The smallest absolute Gasteiger partial charge is 0.379 e.